The van der Waals surface area contributed by atoms with Crippen LogP contribution in [0.25, 0.3) is 0 Å². The normalized spacial score (nSPS) is 22.9. The molecule has 2 aliphatic heterocycles. The fourth-order valence-electron chi connectivity index (χ4n) is 3.36. The summed E-state index contributed by atoms with van der Waals surface area (Å²) in [6, 6.07) is 10.0. The summed E-state index contributed by atoms with van der Waals surface area (Å²) in [5.74, 6) is -0.141. The minimum atomic E-state index is -0.252. The van der Waals surface area contributed by atoms with Crippen molar-refractivity contribution in [2.24, 2.45) is 5.16 Å². The van der Waals surface area contributed by atoms with E-state index in [2.05, 4.69) is 17.4 Å². The number of amides is 2. The average Bonchev–Trinajstić information content (AvgIpc) is 3.13. The monoisotopic (exact) mass is 343 g/mol. The molecule has 1 aromatic carbocycles. The van der Waals surface area contributed by atoms with E-state index < -0.39 is 0 Å². The fourth-order valence-corrected chi connectivity index (χ4v) is 3.36. The van der Waals surface area contributed by atoms with Gasteiger partial charge >= 0.3 is 0 Å². The van der Waals surface area contributed by atoms with Gasteiger partial charge in [0, 0.05) is 32.0 Å². The molecule has 0 radical (unpaired) electrons. The van der Waals surface area contributed by atoms with Crippen LogP contribution in [0.3, 0.4) is 0 Å². The molecule has 1 fully saturated rings. The van der Waals surface area contributed by atoms with E-state index in [0.29, 0.717) is 31.1 Å². The number of piperidine rings is 1. The lowest BCUT2D eigenvalue weighted by atomic mass is 10.0. The lowest BCUT2D eigenvalue weighted by Gasteiger charge is -2.33. The second-order valence-corrected chi connectivity index (χ2v) is 6.68. The van der Waals surface area contributed by atoms with E-state index in [1.54, 1.807) is 0 Å². The molecule has 2 atom stereocenters. The molecule has 0 aromatic heterocycles. The molecule has 2 amide bonds. The molecule has 1 saturated heterocycles. The summed E-state index contributed by atoms with van der Waals surface area (Å²) in [4.78, 5) is 31.8. The predicted octanol–water partition coefficient (Wildman–Crippen LogP) is 2.41. The fraction of sp³-hybridized carbons (Fsp3) is 0.526. The first-order chi connectivity index (χ1) is 12.1. The minimum absolute atomic E-state index is 0.110. The van der Waals surface area contributed by atoms with Crippen LogP contribution < -0.4 is 5.32 Å². The number of carbonyl (C=O) groups is 2. The number of benzene rings is 1. The highest BCUT2D eigenvalue weighted by Gasteiger charge is 2.27. The highest BCUT2D eigenvalue weighted by molar-refractivity contribution is 6.39. The Labute approximate surface area is 148 Å². The number of rotatable bonds is 5. The zero-order valence-corrected chi connectivity index (χ0v) is 14.6. The van der Waals surface area contributed by atoms with Crippen molar-refractivity contribution in [2.45, 2.75) is 51.2 Å². The average molecular weight is 343 g/mol. The number of oxime groups is 1. The molecule has 25 heavy (non-hydrogen) atoms. The first-order valence-electron chi connectivity index (χ1n) is 9.00. The molecule has 0 bridgehead atoms. The molecule has 3 rings (SSSR count). The van der Waals surface area contributed by atoms with Crippen LogP contribution in [0, 0.1) is 0 Å². The van der Waals surface area contributed by atoms with E-state index in [0.717, 1.165) is 24.9 Å². The Morgan fingerprint density at radius 1 is 1.28 bits per heavy atom. The zero-order valence-electron chi connectivity index (χ0n) is 14.6. The third-order valence-corrected chi connectivity index (χ3v) is 4.85. The molecule has 2 aliphatic rings. The summed E-state index contributed by atoms with van der Waals surface area (Å²) in [5, 5.41) is 6.69. The molecular formula is C19H25N3O3. The van der Waals surface area contributed by atoms with Gasteiger partial charge in [-0.05, 0) is 31.7 Å². The molecule has 0 unspecified atom stereocenters. The van der Waals surface area contributed by atoms with Gasteiger partial charge in [0.2, 0.25) is 5.91 Å². The van der Waals surface area contributed by atoms with E-state index in [1.807, 2.05) is 35.2 Å². The Hall–Kier alpha value is -2.37. The molecule has 1 aromatic rings. The van der Waals surface area contributed by atoms with E-state index in [1.165, 1.54) is 6.42 Å². The maximum absolute atomic E-state index is 12.3. The Bertz CT molecular complexity index is 645. The third-order valence-electron chi connectivity index (χ3n) is 4.85. The minimum Gasteiger partial charge on any atom is -0.387 e. The van der Waals surface area contributed by atoms with Crippen LogP contribution in [0.1, 0.15) is 50.7 Å². The second-order valence-electron chi connectivity index (χ2n) is 6.68. The number of nitrogens with one attached hydrogen (secondary N) is 1. The quantitative estimate of drug-likeness (QED) is 0.892. The van der Waals surface area contributed by atoms with Gasteiger partial charge in [-0.15, -0.1) is 0 Å². The molecule has 1 N–H and O–H groups in total. The van der Waals surface area contributed by atoms with Crippen LogP contribution in [0.15, 0.2) is 35.5 Å². The Kier molecular flexibility index (Phi) is 5.68. The summed E-state index contributed by atoms with van der Waals surface area (Å²) in [5.41, 5.74) is 1.39. The summed E-state index contributed by atoms with van der Waals surface area (Å²) >= 11 is 0. The highest BCUT2D eigenvalue weighted by atomic mass is 16.6. The molecule has 0 saturated carbocycles. The lowest BCUT2D eigenvalue weighted by Crippen LogP contribution is -2.43. The van der Waals surface area contributed by atoms with Crippen molar-refractivity contribution in [1.29, 1.82) is 0 Å². The molecule has 6 nitrogen and oxygen atoms in total. The standard InChI is InChI=1S/C19H25N3O3/c1-14-7-5-6-12-22(14)18(23)10-11-20-19(24)16-13-17(25-21-16)15-8-3-2-4-9-15/h2-4,8-9,14,17H,5-7,10-13H2,1H3,(H,20,24)/t14-,17-/m1/s1. The number of likely N-dealkylation sites (tertiary alicyclic amines) is 1. The zero-order chi connectivity index (χ0) is 17.6. The van der Waals surface area contributed by atoms with Crippen molar-refractivity contribution in [3.63, 3.8) is 0 Å². The third kappa shape index (κ3) is 4.38. The molecular weight excluding hydrogens is 318 g/mol. The maximum Gasteiger partial charge on any atom is 0.269 e. The van der Waals surface area contributed by atoms with Gasteiger partial charge in [-0.25, -0.2) is 0 Å². The highest BCUT2D eigenvalue weighted by Crippen LogP contribution is 2.26. The number of nitrogens with zero attached hydrogens (tertiary/aromatic N) is 2. The van der Waals surface area contributed by atoms with Gasteiger partial charge in [-0.2, -0.15) is 0 Å². The van der Waals surface area contributed by atoms with Gasteiger partial charge < -0.3 is 15.1 Å². The van der Waals surface area contributed by atoms with Crippen molar-refractivity contribution in [2.75, 3.05) is 13.1 Å². The Morgan fingerprint density at radius 3 is 2.84 bits per heavy atom. The maximum atomic E-state index is 12.3. The van der Waals surface area contributed by atoms with E-state index >= 15 is 0 Å². The van der Waals surface area contributed by atoms with Gasteiger partial charge in [-0.3, -0.25) is 9.59 Å². The first kappa shape index (κ1) is 17.5. The SMILES string of the molecule is C[C@@H]1CCCCN1C(=O)CCNC(=O)C1=NO[C@@H](c2ccccc2)C1. The van der Waals surface area contributed by atoms with Gasteiger partial charge in [0.05, 0.1) is 0 Å². The number of hydrogen-bond donors (Lipinski definition) is 1. The Morgan fingerprint density at radius 2 is 2.08 bits per heavy atom. The summed E-state index contributed by atoms with van der Waals surface area (Å²) in [6.45, 7) is 3.24. The summed E-state index contributed by atoms with van der Waals surface area (Å²) in [6.07, 6.45) is 3.88. The summed E-state index contributed by atoms with van der Waals surface area (Å²) < 4.78 is 0. The van der Waals surface area contributed by atoms with Crippen LogP contribution in [0.2, 0.25) is 0 Å². The van der Waals surface area contributed by atoms with Crippen LogP contribution in [0.4, 0.5) is 0 Å². The van der Waals surface area contributed by atoms with Crippen LogP contribution in [-0.2, 0) is 14.4 Å². The van der Waals surface area contributed by atoms with Gasteiger partial charge in [0.25, 0.3) is 5.91 Å². The van der Waals surface area contributed by atoms with Crippen LogP contribution >= 0.6 is 0 Å². The predicted molar refractivity (Wildman–Crippen MR) is 95.0 cm³/mol. The van der Waals surface area contributed by atoms with E-state index in [9.17, 15) is 9.59 Å². The second kappa shape index (κ2) is 8.14. The van der Waals surface area contributed by atoms with Crippen LogP contribution in [-0.4, -0.2) is 41.6 Å². The largest absolute Gasteiger partial charge is 0.387 e. The Balaban J connectivity index is 1.42. The topological polar surface area (TPSA) is 71.0 Å². The summed E-state index contributed by atoms with van der Waals surface area (Å²) in [7, 11) is 0. The number of carbonyl (C=O) groups excluding carboxylic acids is 2. The van der Waals surface area contributed by atoms with Gasteiger partial charge in [0.15, 0.2) is 6.10 Å². The molecule has 134 valence electrons. The van der Waals surface area contributed by atoms with Gasteiger partial charge in [0.1, 0.15) is 5.71 Å². The van der Waals surface area contributed by atoms with E-state index in [-0.39, 0.29) is 17.9 Å². The van der Waals surface area contributed by atoms with Gasteiger partial charge in [-0.1, -0.05) is 35.5 Å². The van der Waals surface area contributed by atoms with Crippen molar-refractivity contribution >= 4 is 17.5 Å². The number of hydrogen-bond acceptors (Lipinski definition) is 4. The molecule has 2 heterocycles. The van der Waals surface area contributed by atoms with Crippen molar-refractivity contribution in [3.8, 4) is 0 Å². The van der Waals surface area contributed by atoms with Crippen molar-refractivity contribution in [3.05, 3.63) is 35.9 Å². The smallest absolute Gasteiger partial charge is 0.269 e. The molecule has 0 spiro atoms. The van der Waals surface area contributed by atoms with Crippen molar-refractivity contribution in [1.82, 2.24) is 10.2 Å². The first-order valence-corrected chi connectivity index (χ1v) is 9.00. The molecule has 0 aliphatic carbocycles. The molecule has 6 heteroatoms. The van der Waals surface area contributed by atoms with Crippen LogP contribution in [0.5, 0.6) is 0 Å². The van der Waals surface area contributed by atoms with E-state index in [4.69, 9.17) is 4.84 Å². The van der Waals surface area contributed by atoms with Crippen molar-refractivity contribution < 1.29 is 14.4 Å². The lowest BCUT2D eigenvalue weighted by molar-refractivity contribution is -0.134.